The van der Waals surface area contributed by atoms with Crippen LogP contribution in [-0.2, 0) is 16.2 Å². The Balaban J connectivity index is 1.64. The molecule has 1 amide bonds. The van der Waals surface area contributed by atoms with E-state index < -0.39 is 27.8 Å². The normalized spacial score (nSPS) is 12.0. The first kappa shape index (κ1) is 22.7. The molecule has 0 atom stereocenters. The van der Waals surface area contributed by atoms with Gasteiger partial charge in [0.15, 0.2) is 0 Å². The third-order valence-corrected chi connectivity index (χ3v) is 7.36. The number of thiophene rings is 1. The molecule has 0 spiro atoms. The highest BCUT2D eigenvalue weighted by Crippen LogP contribution is 2.35. The lowest BCUT2D eigenvalue weighted by atomic mass is 10.1. The number of nitrogens with zero attached hydrogens (tertiary/aromatic N) is 1. The fraction of sp³-hybridized carbons (Fsp3) is 0.0909. The second-order valence-electron chi connectivity index (χ2n) is 7.02. The number of hydrogen-bond donors (Lipinski definition) is 2. The molecule has 11 heteroatoms. The highest BCUT2D eigenvalue weighted by molar-refractivity contribution is 7.92. The topological polar surface area (TPSA) is 88.2 Å². The van der Waals surface area contributed by atoms with E-state index in [1.165, 1.54) is 30.3 Å². The summed E-state index contributed by atoms with van der Waals surface area (Å²) in [6, 6.07) is 16.1. The first-order valence-corrected chi connectivity index (χ1v) is 11.8. The Hall–Kier alpha value is -3.44. The Morgan fingerprint density at radius 2 is 1.58 bits per heavy atom. The van der Waals surface area contributed by atoms with Crippen molar-refractivity contribution in [3.8, 4) is 0 Å². The zero-order valence-electron chi connectivity index (χ0n) is 17.0. The summed E-state index contributed by atoms with van der Waals surface area (Å²) in [6.45, 7) is 1.62. The van der Waals surface area contributed by atoms with Gasteiger partial charge in [0.2, 0.25) is 0 Å². The lowest BCUT2D eigenvalue weighted by molar-refractivity contribution is -0.140. The van der Waals surface area contributed by atoms with Gasteiger partial charge in [-0.25, -0.2) is 13.4 Å². The number of aryl methyl sites for hydroxylation is 1. The van der Waals surface area contributed by atoms with Crippen LogP contribution >= 0.6 is 11.3 Å². The van der Waals surface area contributed by atoms with E-state index in [0.29, 0.717) is 10.9 Å². The monoisotopic (exact) mass is 491 g/mol. The maximum atomic E-state index is 13.0. The molecule has 4 aromatic rings. The molecule has 0 saturated heterocycles. The van der Waals surface area contributed by atoms with Crippen LogP contribution in [0.3, 0.4) is 0 Å². The van der Waals surface area contributed by atoms with Crippen LogP contribution in [0.5, 0.6) is 0 Å². The van der Waals surface area contributed by atoms with E-state index in [9.17, 15) is 26.4 Å². The Labute approximate surface area is 191 Å². The molecule has 0 saturated carbocycles. The molecule has 33 heavy (non-hydrogen) atoms. The Morgan fingerprint density at radius 1 is 0.939 bits per heavy atom. The van der Waals surface area contributed by atoms with Crippen molar-refractivity contribution in [2.24, 2.45) is 0 Å². The van der Waals surface area contributed by atoms with Crippen LogP contribution in [0.25, 0.3) is 10.2 Å². The number of halogens is 3. The number of aromatic nitrogens is 1. The van der Waals surface area contributed by atoms with E-state index >= 15 is 0 Å². The summed E-state index contributed by atoms with van der Waals surface area (Å²) in [5, 5.41) is 3.08. The van der Waals surface area contributed by atoms with Crippen molar-refractivity contribution >= 4 is 48.9 Å². The molecule has 2 heterocycles. The summed E-state index contributed by atoms with van der Waals surface area (Å²) < 4.78 is 66.7. The highest BCUT2D eigenvalue weighted by Gasteiger charge is 2.33. The molecule has 0 unspecified atom stereocenters. The smallest absolute Gasteiger partial charge is 0.319 e. The molecule has 0 fully saturated rings. The van der Waals surface area contributed by atoms with Crippen LogP contribution < -0.4 is 10.0 Å². The quantitative estimate of drug-likeness (QED) is 0.376. The fourth-order valence-electron chi connectivity index (χ4n) is 3.14. The van der Waals surface area contributed by atoms with E-state index in [1.807, 2.05) is 0 Å². The molecule has 2 N–H and O–H groups in total. The zero-order valence-corrected chi connectivity index (χ0v) is 18.6. The van der Waals surface area contributed by atoms with Gasteiger partial charge in [-0.3, -0.25) is 9.52 Å². The number of rotatable bonds is 5. The molecule has 0 aliphatic carbocycles. The largest absolute Gasteiger partial charge is 0.433 e. The summed E-state index contributed by atoms with van der Waals surface area (Å²) in [5.74, 6) is -0.588. The molecule has 2 aromatic carbocycles. The molecular formula is C22H16F3N3O3S2. The van der Waals surface area contributed by atoms with Crippen molar-refractivity contribution in [3.63, 3.8) is 0 Å². The van der Waals surface area contributed by atoms with Crippen LogP contribution in [0.15, 0.2) is 71.6 Å². The maximum Gasteiger partial charge on any atom is 0.433 e. The van der Waals surface area contributed by atoms with Crippen molar-refractivity contribution < 1.29 is 26.4 Å². The number of pyridine rings is 1. The average Bonchev–Trinajstić information content (AvgIpc) is 3.11. The SMILES string of the molecule is Cc1c(C(=O)Nc2ccccc2NS(=O)(=O)c2ccccc2)sc2nc(C(F)(F)F)ccc12. The van der Waals surface area contributed by atoms with Crippen molar-refractivity contribution in [2.45, 2.75) is 18.0 Å². The van der Waals surface area contributed by atoms with E-state index in [4.69, 9.17) is 0 Å². The standard InChI is InChI=1S/C22H16F3N3O3S2/c1-13-15-11-12-18(22(23,24)25)27-21(15)32-19(13)20(29)26-16-9-5-6-10-17(16)28-33(30,31)14-7-3-2-4-8-14/h2-12,28H,1H3,(H,26,29). The van der Waals surface area contributed by atoms with Gasteiger partial charge >= 0.3 is 6.18 Å². The fourth-order valence-corrected chi connectivity index (χ4v) is 5.31. The minimum absolute atomic E-state index is 0.0537. The van der Waals surface area contributed by atoms with E-state index in [2.05, 4.69) is 15.0 Å². The van der Waals surface area contributed by atoms with Gasteiger partial charge in [0.05, 0.1) is 21.1 Å². The van der Waals surface area contributed by atoms with Gasteiger partial charge in [0, 0.05) is 5.39 Å². The summed E-state index contributed by atoms with van der Waals surface area (Å²) in [6.07, 6.45) is -4.59. The highest BCUT2D eigenvalue weighted by atomic mass is 32.2. The minimum atomic E-state index is -4.59. The third kappa shape index (κ3) is 4.69. The number of benzene rings is 2. The number of para-hydroxylation sites is 2. The summed E-state index contributed by atoms with van der Waals surface area (Å²) in [5.41, 5.74) is -0.214. The molecule has 2 aromatic heterocycles. The zero-order chi connectivity index (χ0) is 23.8. The Morgan fingerprint density at radius 3 is 2.24 bits per heavy atom. The van der Waals surface area contributed by atoms with Crippen molar-refractivity contribution in [3.05, 3.63) is 82.9 Å². The lowest BCUT2D eigenvalue weighted by Gasteiger charge is -2.13. The third-order valence-electron chi connectivity index (χ3n) is 4.77. The van der Waals surface area contributed by atoms with Crippen LogP contribution in [0.2, 0.25) is 0 Å². The number of carbonyl (C=O) groups is 1. The average molecular weight is 492 g/mol. The van der Waals surface area contributed by atoms with Gasteiger partial charge in [-0.2, -0.15) is 13.2 Å². The van der Waals surface area contributed by atoms with E-state index in [1.54, 1.807) is 37.3 Å². The number of carbonyl (C=O) groups excluding carboxylic acids is 1. The second-order valence-corrected chi connectivity index (χ2v) is 9.70. The molecule has 0 aliphatic rings. The van der Waals surface area contributed by atoms with Gasteiger partial charge in [-0.1, -0.05) is 30.3 Å². The molecule has 170 valence electrons. The van der Waals surface area contributed by atoms with Crippen LogP contribution in [0.1, 0.15) is 20.9 Å². The number of nitrogens with one attached hydrogen (secondary N) is 2. The second kappa shape index (κ2) is 8.49. The first-order valence-electron chi connectivity index (χ1n) is 9.52. The summed E-state index contributed by atoms with van der Waals surface area (Å²) in [4.78, 5) is 16.9. The molecule has 6 nitrogen and oxygen atoms in total. The number of hydrogen-bond acceptors (Lipinski definition) is 5. The van der Waals surface area contributed by atoms with Crippen molar-refractivity contribution in [2.75, 3.05) is 10.0 Å². The van der Waals surface area contributed by atoms with E-state index in [-0.39, 0.29) is 26.0 Å². The number of anilines is 2. The van der Waals surface area contributed by atoms with Crippen LogP contribution in [0.4, 0.5) is 24.5 Å². The van der Waals surface area contributed by atoms with Gasteiger partial charge in [-0.15, -0.1) is 11.3 Å². The van der Waals surface area contributed by atoms with Gasteiger partial charge in [0.1, 0.15) is 10.5 Å². The maximum absolute atomic E-state index is 13.0. The van der Waals surface area contributed by atoms with Crippen LogP contribution in [0, 0.1) is 6.92 Å². The number of alkyl halides is 3. The van der Waals surface area contributed by atoms with Gasteiger partial charge in [-0.05, 0) is 48.9 Å². The Kier molecular flexibility index (Phi) is 5.85. The molecular weight excluding hydrogens is 475 g/mol. The van der Waals surface area contributed by atoms with Gasteiger partial charge < -0.3 is 5.32 Å². The first-order chi connectivity index (χ1) is 15.6. The van der Waals surface area contributed by atoms with E-state index in [0.717, 1.165) is 17.4 Å². The lowest BCUT2D eigenvalue weighted by Crippen LogP contribution is -2.17. The number of amides is 1. The Bertz CT molecular complexity index is 1450. The number of sulfonamides is 1. The number of fused-ring (bicyclic) bond motifs is 1. The van der Waals surface area contributed by atoms with Crippen molar-refractivity contribution in [1.29, 1.82) is 0 Å². The molecule has 0 radical (unpaired) electrons. The predicted octanol–water partition coefficient (Wildman–Crippen LogP) is 5.68. The summed E-state index contributed by atoms with van der Waals surface area (Å²) >= 11 is 0.836. The molecule has 0 aliphatic heterocycles. The predicted molar refractivity (Wildman–Crippen MR) is 121 cm³/mol. The van der Waals surface area contributed by atoms with Crippen molar-refractivity contribution in [1.82, 2.24) is 4.98 Å². The van der Waals surface area contributed by atoms with Gasteiger partial charge in [0.25, 0.3) is 15.9 Å². The minimum Gasteiger partial charge on any atom is -0.319 e. The molecule has 0 bridgehead atoms. The molecule has 4 rings (SSSR count). The van der Waals surface area contributed by atoms with Crippen LogP contribution in [-0.4, -0.2) is 19.3 Å². The summed E-state index contributed by atoms with van der Waals surface area (Å²) in [7, 11) is -3.90.